The van der Waals surface area contributed by atoms with E-state index in [2.05, 4.69) is 20.7 Å². The quantitative estimate of drug-likeness (QED) is 0.344. The van der Waals surface area contributed by atoms with Crippen molar-refractivity contribution < 1.29 is 13.2 Å². The van der Waals surface area contributed by atoms with Crippen molar-refractivity contribution in [2.75, 3.05) is 45.2 Å². The minimum absolute atomic E-state index is 0. The van der Waals surface area contributed by atoms with Crippen molar-refractivity contribution in [2.24, 2.45) is 23.7 Å². The van der Waals surface area contributed by atoms with Gasteiger partial charge >= 0.3 is 0 Å². The third-order valence-electron chi connectivity index (χ3n) is 7.52. The van der Waals surface area contributed by atoms with Crippen LogP contribution in [0.15, 0.2) is 41.3 Å². The number of piperidine rings is 1. The van der Waals surface area contributed by atoms with E-state index in [9.17, 15) is 13.2 Å². The lowest BCUT2D eigenvalue weighted by Crippen LogP contribution is -2.57. The van der Waals surface area contributed by atoms with Crippen molar-refractivity contribution in [1.29, 1.82) is 5.41 Å². The molecule has 2 saturated heterocycles. The van der Waals surface area contributed by atoms with Crippen LogP contribution < -0.4 is 25.6 Å². The summed E-state index contributed by atoms with van der Waals surface area (Å²) in [5.74, 6) is -0.163. The van der Waals surface area contributed by atoms with Crippen LogP contribution in [0, 0.1) is 29.1 Å². The van der Waals surface area contributed by atoms with Gasteiger partial charge in [-0.2, -0.15) is 0 Å². The van der Waals surface area contributed by atoms with E-state index in [4.69, 9.17) is 5.41 Å². The third-order valence-corrected chi connectivity index (χ3v) is 9.10. The molecule has 0 amide bonds. The number of hydrogen-bond acceptors (Lipinski definition) is 6. The number of fused-ring (bicyclic) bond motifs is 1. The first kappa shape index (κ1) is 31.1. The average molecular weight is 574 g/mol. The monoisotopic (exact) mass is 572 g/mol. The maximum absolute atomic E-state index is 13.8. The molecule has 9 nitrogen and oxygen atoms in total. The molecule has 206 valence electrons. The third kappa shape index (κ3) is 6.49. The SMILES string of the molecule is CC(C(=O)C1CNCC(NS(=O)(=O)c2c(N(C)C)ccc3ccccc23)C1C)C1CNC(=N)NC1.Cl.Cl. The number of rotatable bonds is 7. The molecule has 2 aromatic rings. The van der Waals surface area contributed by atoms with Crippen molar-refractivity contribution in [3.8, 4) is 0 Å². The van der Waals surface area contributed by atoms with Crippen LogP contribution in [-0.2, 0) is 14.8 Å². The predicted octanol–water partition coefficient (Wildman–Crippen LogP) is 2.20. The summed E-state index contributed by atoms with van der Waals surface area (Å²) in [6.45, 7) is 6.06. The molecule has 0 radical (unpaired) electrons. The molecular formula is C25H38Cl2N6O3S. The van der Waals surface area contributed by atoms with E-state index in [1.54, 1.807) is 0 Å². The highest BCUT2D eigenvalue weighted by molar-refractivity contribution is 7.90. The van der Waals surface area contributed by atoms with Crippen LogP contribution in [0.1, 0.15) is 13.8 Å². The fourth-order valence-corrected chi connectivity index (χ4v) is 7.02. The van der Waals surface area contributed by atoms with Crippen molar-refractivity contribution in [1.82, 2.24) is 20.7 Å². The Balaban J connectivity index is 0.00000241. The van der Waals surface area contributed by atoms with E-state index in [-0.39, 0.29) is 65.1 Å². The Morgan fingerprint density at radius 2 is 1.70 bits per heavy atom. The number of nitrogens with one attached hydrogen (secondary N) is 5. The molecule has 4 rings (SSSR count). The topological polar surface area (TPSA) is 126 Å². The summed E-state index contributed by atoms with van der Waals surface area (Å²) >= 11 is 0. The number of carbonyl (C=O) groups is 1. The minimum Gasteiger partial charge on any atom is -0.377 e. The molecule has 2 fully saturated rings. The van der Waals surface area contributed by atoms with E-state index in [1.807, 2.05) is 69.2 Å². The van der Waals surface area contributed by atoms with Gasteiger partial charge in [0.1, 0.15) is 10.7 Å². The number of nitrogens with zero attached hydrogens (tertiary/aromatic N) is 1. The second kappa shape index (κ2) is 12.6. The van der Waals surface area contributed by atoms with Gasteiger partial charge in [0.25, 0.3) is 0 Å². The van der Waals surface area contributed by atoms with Crippen LogP contribution in [0.25, 0.3) is 10.8 Å². The molecule has 0 aromatic heterocycles. The first-order valence-electron chi connectivity index (χ1n) is 12.1. The number of guanidine groups is 1. The van der Waals surface area contributed by atoms with Gasteiger partial charge in [-0.3, -0.25) is 10.2 Å². The molecule has 0 bridgehead atoms. The van der Waals surface area contributed by atoms with Gasteiger partial charge in [-0.15, -0.1) is 24.8 Å². The predicted molar refractivity (Wildman–Crippen MR) is 154 cm³/mol. The number of Topliss-reactive ketones (excluding diaryl/α,β-unsaturated/α-hetero) is 1. The number of carbonyl (C=O) groups excluding carboxylic acids is 1. The molecule has 37 heavy (non-hydrogen) atoms. The van der Waals surface area contributed by atoms with E-state index in [0.717, 1.165) is 5.39 Å². The lowest BCUT2D eigenvalue weighted by Gasteiger charge is -2.39. The first-order chi connectivity index (χ1) is 16.6. The summed E-state index contributed by atoms with van der Waals surface area (Å²) in [7, 11) is -0.210. The highest BCUT2D eigenvalue weighted by atomic mass is 35.5. The van der Waals surface area contributed by atoms with Crippen molar-refractivity contribution >= 4 is 63.0 Å². The van der Waals surface area contributed by atoms with Crippen molar-refractivity contribution in [3.63, 3.8) is 0 Å². The van der Waals surface area contributed by atoms with Crippen LogP contribution in [-0.4, -0.2) is 66.5 Å². The molecule has 2 aliphatic heterocycles. The van der Waals surface area contributed by atoms with Crippen LogP contribution >= 0.6 is 24.8 Å². The number of ketones is 1. The molecular weight excluding hydrogens is 535 g/mol. The molecule has 2 aliphatic rings. The fourth-order valence-electron chi connectivity index (χ4n) is 5.20. The van der Waals surface area contributed by atoms with Gasteiger partial charge in [-0.05, 0) is 17.4 Å². The Hall–Kier alpha value is -2.11. The zero-order valence-electron chi connectivity index (χ0n) is 21.6. The summed E-state index contributed by atoms with van der Waals surface area (Å²) in [5, 5.41) is 18.4. The normalized spacial score (nSPS) is 24.6. The smallest absolute Gasteiger partial charge is 0.243 e. The van der Waals surface area contributed by atoms with Gasteiger partial charge in [0.05, 0.1) is 5.69 Å². The first-order valence-corrected chi connectivity index (χ1v) is 13.6. The second-order valence-corrected chi connectivity index (χ2v) is 11.6. The standard InChI is InChI=1S/C25H36N6O3S.2ClH/c1-15(18-11-28-25(26)29-12-18)23(32)20-13-27-14-21(16(20)2)30-35(33,34)24-19-8-6-5-7-17(19)9-10-22(24)31(3)4;;/h5-10,15-16,18,20-21,27,30H,11-14H2,1-4H3,(H3,26,28,29);2*1H. The molecule has 0 aliphatic carbocycles. The van der Waals surface area contributed by atoms with Crippen LogP contribution in [0.5, 0.6) is 0 Å². The van der Waals surface area contributed by atoms with Crippen LogP contribution in [0.3, 0.4) is 0 Å². The van der Waals surface area contributed by atoms with E-state index in [1.165, 1.54) is 0 Å². The summed E-state index contributed by atoms with van der Waals surface area (Å²) in [6.07, 6.45) is 0. The Morgan fingerprint density at radius 3 is 2.35 bits per heavy atom. The largest absolute Gasteiger partial charge is 0.377 e. The minimum atomic E-state index is -3.88. The summed E-state index contributed by atoms with van der Waals surface area (Å²) in [5.41, 5.74) is 0.622. The van der Waals surface area contributed by atoms with E-state index in [0.29, 0.717) is 37.3 Å². The number of hydrogen-bond donors (Lipinski definition) is 5. The van der Waals surface area contributed by atoms with E-state index < -0.39 is 16.1 Å². The van der Waals surface area contributed by atoms with Gasteiger partial charge in [0.2, 0.25) is 10.0 Å². The highest BCUT2D eigenvalue weighted by Crippen LogP contribution is 2.33. The summed E-state index contributed by atoms with van der Waals surface area (Å²) in [4.78, 5) is 15.5. The lowest BCUT2D eigenvalue weighted by molar-refractivity contribution is -0.130. The Bertz CT molecular complexity index is 1220. The van der Waals surface area contributed by atoms with Gasteiger partial charge in [0.15, 0.2) is 5.96 Å². The summed E-state index contributed by atoms with van der Waals surface area (Å²) in [6, 6.07) is 10.8. The highest BCUT2D eigenvalue weighted by Gasteiger charge is 2.40. The molecule has 2 aromatic carbocycles. The number of sulfonamides is 1. The molecule has 0 spiro atoms. The Labute approximate surface area is 231 Å². The molecule has 2 heterocycles. The Morgan fingerprint density at radius 1 is 1.05 bits per heavy atom. The number of halogens is 2. The lowest BCUT2D eigenvalue weighted by atomic mass is 9.75. The molecule has 4 atom stereocenters. The van der Waals surface area contributed by atoms with Crippen LogP contribution in [0.2, 0.25) is 0 Å². The van der Waals surface area contributed by atoms with Crippen molar-refractivity contribution in [2.45, 2.75) is 24.8 Å². The van der Waals surface area contributed by atoms with Crippen LogP contribution in [0.4, 0.5) is 5.69 Å². The molecule has 4 unspecified atom stereocenters. The van der Waals surface area contributed by atoms with Gasteiger partial charge in [0, 0.05) is 69.5 Å². The maximum atomic E-state index is 13.8. The number of benzene rings is 2. The zero-order valence-corrected chi connectivity index (χ0v) is 24.0. The second-order valence-electron chi connectivity index (χ2n) is 9.97. The number of anilines is 1. The Kier molecular flexibility index (Phi) is 10.6. The van der Waals surface area contributed by atoms with E-state index >= 15 is 0 Å². The molecule has 5 N–H and O–H groups in total. The molecule has 0 saturated carbocycles. The maximum Gasteiger partial charge on any atom is 0.243 e. The van der Waals surface area contributed by atoms with Crippen molar-refractivity contribution in [3.05, 3.63) is 36.4 Å². The fraction of sp³-hybridized carbons (Fsp3) is 0.520. The van der Waals surface area contributed by atoms with Gasteiger partial charge < -0.3 is 20.9 Å². The summed E-state index contributed by atoms with van der Waals surface area (Å²) < 4.78 is 30.5. The zero-order chi connectivity index (χ0) is 25.3. The average Bonchev–Trinajstić information content (AvgIpc) is 2.84. The van der Waals surface area contributed by atoms with Gasteiger partial charge in [-0.25, -0.2) is 13.1 Å². The molecule has 12 heteroatoms. The van der Waals surface area contributed by atoms with Gasteiger partial charge in [-0.1, -0.05) is 44.2 Å².